The summed E-state index contributed by atoms with van der Waals surface area (Å²) >= 11 is 0. The van der Waals surface area contributed by atoms with Crippen LogP contribution in [0.15, 0.2) is 0 Å². The lowest BCUT2D eigenvalue weighted by atomic mass is 9.31. The average Bonchev–Trinajstić information content (AvgIpc) is 3.10. The fourth-order valence-corrected chi connectivity index (χ4v) is 12.4. The molecule has 35 heavy (non-hydrogen) atoms. The summed E-state index contributed by atoms with van der Waals surface area (Å²) in [5.74, 6) is 2.88. The molecule has 3 nitrogen and oxygen atoms in total. The third-order valence-electron chi connectivity index (χ3n) is 14.4. The molecule has 0 aromatic carbocycles. The molecule has 6 aliphatic rings. The summed E-state index contributed by atoms with van der Waals surface area (Å²) in [7, 11) is 0. The molecule has 6 rings (SSSR count). The molecule has 5 aliphatic carbocycles. The zero-order valence-electron chi connectivity index (χ0n) is 24.0. The van der Waals surface area contributed by atoms with Crippen LogP contribution >= 0.6 is 0 Å². The maximum Gasteiger partial charge on any atom is 0.302 e. The number of hydrogen-bond donors (Lipinski definition) is 0. The first-order valence-electron chi connectivity index (χ1n) is 15.0. The zero-order valence-corrected chi connectivity index (χ0v) is 24.0. The largest absolute Gasteiger partial charge is 0.462 e. The van der Waals surface area contributed by atoms with Crippen molar-refractivity contribution in [3.05, 3.63) is 0 Å². The highest BCUT2D eigenvalue weighted by atomic mass is 16.5. The van der Waals surface area contributed by atoms with Crippen molar-refractivity contribution < 1.29 is 14.3 Å². The second-order valence-electron chi connectivity index (χ2n) is 16.2. The molecule has 0 radical (unpaired) electrons. The summed E-state index contributed by atoms with van der Waals surface area (Å²) < 4.78 is 12.7. The van der Waals surface area contributed by atoms with Gasteiger partial charge in [-0.3, -0.25) is 4.79 Å². The fraction of sp³-hybridized carbons (Fsp3) is 0.969. The second-order valence-corrected chi connectivity index (χ2v) is 16.2. The lowest BCUT2D eigenvalue weighted by Crippen LogP contribution is -2.67. The molecule has 2 bridgehead atoms. The SMILES string of the molecule is CC(=O)O[C@H]1CC[C@@]2(C)[C@H](CC[C@]3(C)[C@H]2CC[C@@H]2[C@@H]4[C@H]5OC[C@@]4(CCC5(C)C)CC[C@@]23C)C1(C)C. The summed E-state index contributed by atoms with van der Waals surface area (Å²) in [5.41, 5.74) is 2.00. The Morgan fingerprint density at radius 1 is 0.771 bits per heavy atom. The number of hydrogen-bond acceptors (Lipinski definition) is 3. The highest BCUT2D eigenvalue weighted by Gasteiger charge is 2.72. The number of ether oxygens (including phenoxy) is 2. The van der Waals surface area contributed by atoms with Crippen LogP contribution in [0.2, 0.25) is 0 Å². The van der Waals surface area contributed by atoms with Gasteiger partial charge in [-0.05, 0) is 115 Å². The minimum Gasteiger partial charge on any atom is -0.462 e. The van der Waals surface area contributed by atoms with E-state index in [4.69, 9.17) is 9.47 Å². The molecular formula is C32H52O3. The molecular weight excluding hydrogens is 432 g/mol. The van der Waals surface area contributed by atoms with E-state index in [2.05, 4.69) is 48.5 Å². The molecule has 0 unspecified atom stereocenters. The van der Waals surface area contributed by atoms with Crippen LogP contribution in [0.1, 0.15) is 120 Å². The smallest absolute Gasteiger partial charge is 0.302 e. The van der Waals surface area contributed by atoms with Crippen LogP contribution in [0, 0.1) is 56.2 Å². The van der Waals surface area contributed by atoms with Crippen molar-refractivity contribution in [2.45, 2.75) is 132 Å². The predicted octanol–water partition coefficient (Wildman–Crippen LogP) is 7.81. The molecule has 1 aliphatic heterocycles. The summed E-state index contributed by atoms with van der Waals surface area (Å²) in [5, 5.41) is 0. The molecule has 1 saturated heterocycles. The van der Waals surface area contributed by atoms with Crippen LogP contribution in [0.5, 0.6) is 0 Å². The lowest BCUT2D eigenvalue weighted by molar-refractivity contribution is -0.254. The quantitative estimate of drug-likeness (QED) is 0.356. The van der Waals surface area contributed by atoms with Crippen molar-refractivity contribution in [2.75, 3.05) is 6.61 Å². The van der Waals surface area contributed by atoms with Gasteiger partial charge in [0.2, 0.25) is 0 Å². The first-order chi connectivity index (χ1) is 16.2. The summed E-state index contributed by atoms with van der Waals surface area (Å²) in [6, 6.07) is 0. The maximum atomic E-state index is 11.9. The van der Waals surface area contributed by atoms with E-state index in [0.29, 0.717) is 39.1 Å². The third-order valence-corrected chi connectivity index (χ3v) is 14.4. The Bertz CT molecular complexity index is 906. The minimum absolute atomic E-state index is 0.0503. The second kappa shape index (κ2) is 7.29. The van der Waals surface area contributed by atoms with E-state index in [1.807, 2.05) is 0 Å². The van der Waals surface area contributed by atoms with Crippen LogP contribution < -0.4 is 0 Å². The Kier molecular flexibility index (Phi) is 5.16. The summed E-state index contributed by atoms with van der Waals surface area (Å²) in [6.07, 6.45) is 13.7. The molecule has 0 aromatic rings. The third kappa shape index (κ3) is 2.97. The first kappa shape index (κ1) is 24.7. The Balaban J connectivity index is 1.35. The Morgan fingerprint density at radius 3 is 2.20 bits per heavy atom. The predicted molar refractivity (Wildman–Crippen MR) is 140 cm³/mol. The van der Waals surface area contributed by atoms with Crippen LogP contribution in [-0.2, 0) is 14.3 Å². The standard InChI is InChI=1S/C32H52O3/c1-20(33)35-24-12-13-29(6)22(28(24,4)5)11-14-31(8)23(29)10-9-21-25-26-27(2,3)15-17-32(25,19-34-26)18-16-30(21,31)7/h21-26H,9-19H2,1-8H3/t21-,22-,23+,24+,25-,26-,29+,30+,31-,32-/m1/s1. The van der Waals surface area contributed by atoms with Gasteiger partial charge in [-0.15, -0.1) is 0 Å². The van der Waals surface area contributed by atoms with E-state index in [1.54, 1.807) is 6.92 Å². The molecule has 0 aromatic heterocycles. The monoisotopic (exact) mass is 484 g/mol. The highest BCUT2D eigenvalue weighted by Crippen LogP contribution is 2.78. The van der Waals surface area contributed by atoms with Gasteiger partial charge in [0.15, 0.2) is 0 Å². The van der Waals surface area contributed by atoms with Crippen molar-refractivity contribution in [2.24, 2.45) is 56.2 Å². The Labute approximate surface area is 214 Å². The van der Waals surface area contributed by atoms with Gasteiger partial charge < -0.3 is 9.47 Å². The highest BCUT2D eigenvalue weighted by molar-refractivity contribution is 5.66. The summed E-state index contributed by atoms with van der Waals surface area (Å²) in [6.45, 7) is 20.5. The van der Waals surface area contributed by atoms with Gasteiger partial charge in [-0.1, -0.05) is 48.5 Å². The van der Waals surface area contributed by atoms with Gasteiger partial charge >= 0.3 is 5.97 Å². The van der Waals surface area contributed by atoms with Crippen LogP contribution in [-0.4, -0.2) is 24.8 Å². The molecule has 0 spiro atoms. The Morgan fingerprint density at radius 2 is 1.49 bits per heavy atom. The molecule has 6 fully saturated rings. The van der Waals surface area contributed by atoms with Crippen molar-refractivity contribution >= 4 is 5.97 Å². The van der Waals surface area contributed by atoms with Crippen LogP contribution in [0.25, 0.3) is 0 Å². The molecule has 3 heteroatoms. The van der Waals surface area contributed by atoms with Gasteiger partial charge in [-0.2, -0.15) is 0 Å². The average molecular weight is 485 g/mol. The first-order valence-corrected chi connectivity index (χ1v) is 15.0. The summed E-state index contributed by atoms with van der Waals surface area (Å²) in [4.78, 5) is 11.9. The Hall–Kier alpha value is -0.570. The van der Waals surface area contributed by atoms with Crippen LogP contribution in [0.3, 0.4) is 0 Å². The van der Waals surface area contributed by atoms with Crippen molar-refractivity contribution in [3.8, 4) is 0 Å². The van der Waals surface area contributed by atoms with E-state index in [9.17, 15) is 4.79 Å². The van der Waals surface area contributed by atoms with Gasteiger partial charge in [0.1, 0.15) is 6.10 Å². The number of rotatable bonds is 1. The van der Waals surface area contributed by atoms with Gasteiger partial charge in [-0.25, -0.2) is 0 Å². The molecule has 10 atom stereocenters. The molecule has 198 valence electrons. The van der Waals surface area contributed by atoms with Crippen molar-refractivity contribution in [1.82, 2.24) is 0 Å². The molecule has 0 amide bonds. The van der Waals surface area contributed by atoms with E-state index in [1.165, 1.54) is 57.8 Å². The van der Waals surface area contributed by atoms with E-state index in [0.717, 1.165) is 30.8 Å². The number of esters is 1. The fourth-order valence-electron chi connectivity index (χ4n) is 12.4. The molecule has 0 N–H and O–H groups in total. The van der Waals surface area contributed by atoms with E-state index < -0.39 is 0 Å². The number of carbonyl (C=O) groups is 1. The molecule has 1 heterocycles. The van der Waals surface area contributed by atoms with E-state index >= 15 is 0 Å². The minimum atomic E-state index is -0.108. The zero-order chi connectivity index (χ0) is 25.2. The van der Waals surface area contributed by atoms with Crippen molar-refractivity contribution in [3.63, 3.8) is 0 Å². The number of carbonyl (C=O) groups excluding carboxylic acids is 1. The normalized spacial score (nSPS) is 55.7. The number of fused-ring (bicyclic) bond motifs is 5. The van der Waals surface area contributed by atoms with Gasteiger partial charge in [0, 0.05) is 12.3 Å². The van der Waals surface area contributed by atoms with Gasteiger partial charge in [0.05, 0.1) is 12.7 Å². The topological polar surface area (TPSA) is 35.5 Å². The van der Waals surface area contributed by atoms with Crippen LogP contribution in [0.4, 0.5) is 0 Å². The van der Waals surface area contributed by atoms with E-state index in [-0.39, 0.29) is 17.5 Å². The molecule has 5 saturated carbocycles. The van der Waals surface area contributed by atoms with Gasteiger partial charge in [0.25, 0.3) is 0 Å². The maximum absolute atomic E-state index is 11.9. The lowest BCUT2D eigenvalue weighted by Gasteiger charge is -2.73. The van der Waals surface area contributed by atoms with Crippen molar-refractivity contribution in [1.29, 1.82) is 0 Å².